The second-order valence-electron chi connectivity index (χ2n) is 33.6. The molecule has 19 atom stereocenters. The van der Waals surface area contributed by atoms with Gasteiger partial charge >= 0.3 is 0 Å². The highest BCUT2D eigenvalue weighted by molar-refractivity contribution is 7.92. The molecule has 2 heterocycles. The fraction of sp³-hybridized carbons (Fsp3) is 0.915. The van der Waals surface area contributed by atoms with Crippen LogP contribution < -0.4 is 0 Å². The average molecular weight is 1150 g/mol. The first-order chi connectivity index (χ1) is 38.2. The predicted octanol–water partition coefficient (Wildman–Crippen LogP) is 14.3. The van der Waals surface area contributed by atoms with Crippen LogP contribution in [-0.4, -0.2) is 95.1 Å². The van der Waals surface area contributed by atoms with E-state index in [1.807, 2.05) is 25.1 Å². The van der Waals surface area contributed by atoms with Crippen molar-refractivity contribution in [2.45, 2.75) is 274 Å². The summed E-state index contributed by atoms with van der Waals surface area (Å²) < 4.78 is 40.1. The Morgan fingerprint density at radius 2 is 0.926 bits per heavy atom. The van der Waals surface area contributed by atoms with Crippen LogP contribution >= 0.6 is 0 Å². The topological polar surface area (TPSA) is 154 Å². The maximum atomic E-state index is 14.5. The van der Waals surface area contributed by atoms with Gasteiger partial charge in [0.15, 0.2) is 9.84 Å². The SMILES string of the molecule is CO.C[C@H](C(CC1(O)CCC2(CC1)COC2)S(=O)(=O)c1ccccc1)[C@H]1CC[C@H]2[C@@H]3CC[C@H]4C[C@@](C)(O)CC[C@]4(C)[C@H]3CC[C@]12C.C[C@H](CCC1(O)CCC2(CC1)COC2)[C@H]1CC[C@H]2[C@@H]3CC[C@H]4C[C@@](C)(O)CC[C@]4(C)[C@H]3CC[C@]12C. The summed E-state index contributed by atoms with van der Waals surface area (Å²) in [5.74, 6) is 8.02. The molecule has 1 aromatic rings. The van der Waals surface area contributed by atoms with E-state index in [1.165, 1.54) is 96.3 Å². The minimum Gasteiger partial charge on any atom is -0.400 e. The highest BCUT2D eigenvalue weighted by Crippen LogP contribution is 2.71. The normalized spacial score (nSPS) is 47.3. The van der Waals surface area contributed by atoms with Crippen LogP contribution in [0.5, 0.6) is 0 Å². The van der Waals surface area contributed by atoms with E-state index >= 15 is 0 Å². The van der Waals surface area contributed by atoms with Crippen LogP contribution in [0.2, 0.25) is 0 Å². The number of fused-ring (bicyclic) bond motifs is 10. The van der Waals surface area contributed by atoms with Gasteiger partial charge in [-0.15, -0.1) is 0 Å². The van der Waals surface area contributed by atoms with Crippen molar-refractivity contribution in [3.8, 4) is 0 Å². The van der Waals surface area contributed by atoms with E-state index in [0.717, 1.165) is 146 Å². The van der Waals surface area contributed by atoms with Gasteiger partial charge in [-0.2, -0.15) is 0 Å². The fourth-order valence-corrected chi connectivity index (χ4v) is 25.9. The van der Waals surface area contributed by atoms with Gasteiger partial charge in [0.1, 0.15) is 0 Å². The number of ether oxygens (including phenoxy) is 2. The molecule has 13 rings (SSSR count). The molecule has 10 aliphatic carbocycles. The van der Waals surface area contributed by atoms with Gasteiger partial charge in [-0.3, -0.25) is 0 Å². The Labute approximate surface area is 492 Å². The maximum absolute atomic E-state index is 14.5. The Balaban J connectivity index is 0.000000169. The molecule has 2 aliphatic heterocycles. The first-order valence-corrected chi connectivity index (χ1v) is 35.5. The van der Waals surface area contributed by atoms with E-state index in [9.17, 15) is 28.8 Å². The van der Waals surface area contributed by atoms with Gasteiger partial charge in [-0.25, -0.2) is 8.42 Å². The first kappa shape index (κ1) is 61.5. The molecule has 460 valence electrons. The lowest BCUT2D eigenvalue weighted by atomic mass is 9.43. The summed E-state index contributed by atoms with van der Waals surface area (Å²) >= 11 is 0. The zero-order chi connectivity index (χ0) is 57.9. The maximum Gasteiger partial charge on any atom is 0.181 e. The highest BCUT2D eigenvalue weighted by Gasteiger charge is 2.64. The fourth-order valence-electron chi connectivity index (χ4n) is 23.7. The van der Waals surface area contributed by atoms with Gasteiger partial charge < -0.3 is 35.0 Å². The minimum atomic E-state index is -3.63. The Morgan fingerprint density at radius 3 is 1.38 bits per heavy atom. The monoisotopic (exact) mass is 1140 g/mol. The molecule has 0 amide bonds. The molecular formula is C71H116O9S. The number of aliphatic hydroxyl groups is 5. The van der Waals surface area contributed by atoms with E-state index in [4.69, 9.17) is 14.6 Å². The van der Waals surface area contributed by atoms with Crippen molar-refractivity contribution in [3.05, 3.63) is 30.3 Å². The molecule has 12 fully saturated rings. The van der Waals surface area contributed by atoms with Crippen molar-refractivity contribution >= 4 is 9.84 Å². The Hall–Kier alpha value is -1.11. The van der Waals surface area contributed by atoms with Gasteiger partial charge in [0.25, 0.3) is 0 Å². The van der Waals surface area contributed by atoms with Gasteiger partial charge in [0.2, 0.25) is 0 Å². The molecule has 12 aliphatic rings. The third-order valence-corrected chi connectivity index (χ3v) is 31.5. The molecule has 2 saturated heterocycles. The second-order valence-corrected chi connectivity index (χ2v) is 35.7. The molecule has 10 saturated carbocycles. The Kier molecular flexibility index (Phi) is 16.9. The summed E-state index contributed by atoms with van der Waals surface area (Å²) in [5, 5.41) is 51.5. The molecular weight excluding hydrogens is 1030 g/mol. The van der Waals surface area contributed by atoms with E-state index in [0.29, 0.717) is 69.5 Å². The van der Waals surface area contributed by atoms with Gasteiger partial charge in [0, 0.05) is 17.9 Å². The lowest BCUT2D eigenvalue weighted by Crippen LogP contribution is -2.56. The van der Waals surface area contributed by atoms with Crippen LogP contribution in [0.4, 0.5) is 0 Å². The zero-order valence-electron chi connectivity index (χ0n) is 52.5. The highest BCUT2D eigenvalue weighted by atomic mass is 32.2. The van der Waals surface area contributed by atoms with Gasteiger partial charge in [-0.1, -0.05) is 59.7 Å². The molecule has 1 unspecified atom stereocenters. The van der Waals surface area contributed by atoms with Crippen LogP contribution in [0.1, 0.15) is 242 Å². The number of rotatable bonds is 10. The molecule has 81 heavy (non-hydrogen) atoms. The molecule has 0 bridgehead atoms. The number of benzene rings is 1. The average Bonchev–Trinajstić information content (AvgIpc) is 3.90. The van der Waals surface area contributed by atoms with Crippen molar-refractivity contribution in [2.24, 2.45) is 104 Å². The number of aliphatic hydroxyl groups excluding tert-OH is 1. The van der Waals surface area contributed by atoms with Crippen molar-refractivity contribution in [3.63, 3.8) is 0 Å². The first-order valence-electron chi connectivity index (χ1n) is 34.0. The number of hydrogen-bond acceptors (Lipinski definition) is 9. The minimum absolute atomic E-state index is 0.0181. The summed E-state index contributed by atoms with van der Waals surface area (Å²) in [6.45, 7) is 22.7. The smallest absolute Gasteiger partial charge is 0.181 e. The summed E-state index contributed by atoms with van der Waals surface area (Å²) in [6, 6.07) is 9.06. The lowest BCUT2D eigenvalue weighted by Gasteiger charge is -2.62. The largest absolute Gasteiger partial charge is 0.400 e. The second kappa shape index (κ2) is 22.2. The van der Waals surface area contributed by atoms with Crippen LogP contribution in [0.3, 0.4) is 0 Å². The summed E-state index contributed by atoms with van der Waals surface area (Å²) in [5.41, 5.74) is -0.235. The van der Waals surface area contributed by atoms with Crippen LogP contribution in [-0.2, 0) is 19.3 Å². The number of sulfone groups is 1. The zero-order valence-corrected chi connectivity index (χ0v) is 53.3. The summed E-state index contributed by atoms with van der Waals surface area (Å²) in [6.07, 6.45) is 32.0. The summed E-state index contributed by atoms with van der Waals surface area (Å²) in [7, 11) is -2.63. The van der Waals surface area contributed by atoms with Gasteiger partial charge in [-0.05, 0) is 305 Å². The van der Waals surface area contributed by atoms with E-state index in [1.54, 1.807) is 12.1 Å². The predicted molar refractivity (Wildman–Crippen MR) is 323 cm³/mol. The standard InChI is InChI=1S/C38H58O5S.C32H54O3.CH4O/c1-26(33(44(41,42)28-8-6-5-7-9-28)23-38(40)20-18-37(19-21-38)24-43-25-37)30-12-13-31-29-11-10-27-22-34(2,39)16-17-35(27,3)32(29)14-15-36(30,31)4;1-22(9-12-32(34)17-15-31(16-18-32)20-35-21-31)25-7-8-26-24-6-5-23-19-28(2,33)13-14-29(23,3)27(24)10-11-30(25,26)4;1-2/h5-9,26-27,29-33,39-40H,10-25H2,1-4H3;22-27,33-34H,5-21H2,1-4H3;2H,1H3/t26-,27-,29-,30+,31-,32-,33?,34-,35-,36+;22-,23+,24+,25-,26+,27+,28+,29+,30-;/m01./s1. The van der Waals surface area contributed by atoms with Crippen LogP contribution in [0, 0.1) is 104 Å². The van der Waals surface area contributed by atoms with Crippen molar-refractivity contribution in [1.82, 2.24) is 0 Å². The molecule has 0 radical (unpaired) electrons. The molecule has 2 spiro atoms. The molecule has 10 heteroatoms. The molecule has 1 aromatic carbocycles. The Bertz CT molecular complexity index is 2430. The molecule has 5 N–H and O–H groups in total. The van der Waals surface area contributed by atoms with Gasteiger partial charge in [0.05, 0.1) is 59.0 Å². The third kappa shape index (κ3) is 11.0. The van der Waals surface area contributed by atoms with Crippen molar-refractivity contribution in [1.29, 1.82) is 0 Å². The molecule has 9 nitrogen and oxygen atoms in total. The quantitative estimate of drug-likeness (QED) is 0.154. The summed E-state index contributed by atoms with van der Waals surface area (Å²) in [4.78, 5) is 0.406. The van der Waals surface area contributed by atoms with Crippen molar-refractivity contribution in [2.75, 3.05) is 33.5 Å². The van der Waals surface area contributed by atoms with E-state index in [-0.39, 0.29) is 16.7 Å². The number of hydrogen-bond donors (Lipinski definition) is 5. The van der Waals surface area contributed by atoms with E-state index in [2.05, 4.69) is 48.5 Å². The molecule has 0 aromatic heterocycles. The van der Waals surface area contributed by atoms with Crippen molar-refractivity contribution < 1.29 is 43.4 Å². The van der Waals surface area contributed by atoms with Crippen LogP contribution in [0.25, 0.3) is 0 Å². The third-order valence-electron chi connectivity index (χ3n) is 29.2. The van der Waals surface area contributed by atoms with E-state index < -0.39 is 37.5 Å². The van der Waals surface area contributed by atoms with Crippen LogP contribution in [0.15, 0.2) is 35.2 Å². The Morgan fingerprint density at radius 1 is 0.494 bits per heavy atom. The lowest BCUT2D eigenvalue weighted by molar-refractivity contribution is -0.162.